The summed E-state index contributed by atoms with van der Waals surface area (Å²) in [7, 11) is 0. The third-order valence-electron chi connectivity index (χ3n) is 5.24. The zero-order valence-electron chi connectivity index (χ0n) is 16.5. The molecule has 3 aromatic rings. The molecule has 0 aromatic carbocycles. The molecule has 0 radical (unpaired) electrons. The van der Waals surface area contributed by atoms with Crippen LogP contribution in [0, 0.1) is 5.92 Å². The number of anilines is 3. The van der Waals surface area contributed by atoms with Crippen LogP contribution in [0.2, 0.25) is 5.15 Å². The summed E-state index contributed by atoms with van der Waals surface area (Å²) in [5, 5.41) is 6.59. The maximum atomic E-state index is 12.7. The minimum absolute atomic E-state index is 0.234. The average Bonchev–Trinajstić information content (AvgIpc) is 2.80. The van der Waals surface area contributed by atoms with Crippen LogP contribution in [0.1, 0.15) is 23.2 Å². The van der Waals surface area contributed by atoms with Crippen molar-refractivity contribution in [1.29, 1.82) is 0 Å². The van der Waals surface area contributed by atoms with E-state index in [4.69, 9.17) is 11.6 Å². The lowest BCUT2D eigenvalue weighted by Gasteiger charge is -2.33. The van der Waals surface area contributed by atoms with Crippen LogP contribution in [0.3, 0.4) is 0 Å². The molecule has 0 aliphatic carbocycles. The standard InChI is InChI=1S/C22H23ClN6O/c23-20-4-3-17(15-26-20)28-22(30)19-2-1-9-25-21(19)27-14-16-7-12-29(13-8-16)18-5-10-24-11-6-18/h1-6,9-11,15-16H,7-8,12-14H2,(H,25,27)(H,28,30). The van der Waals surface area contributed by atoms with Crippen molar-refractivity contribution in [3.8, 4) is 0 Å². The number of piperidine rings is 1. The van der Waals surface area contributed by atoms with Crippen molar-refractivity contribution in [2.75, 3.05) is 35.2 Å². The summed E-state index contributed by atoms with van der Waals surface area (Å²) in [4.78, 5) is 27.5. The Kier molecular flexibility index (Phi) is 6.39. The van der Waals surface area contributed by atoms with Gasteiger partial charge in [-0.05, 0) is 55.2 Å². The second-order valence-electron chi connectivity index (χ2n) is 7.24. The van der Waals surface area contributed by atoms with E-state index in [-0.39, 0.29) is 5.91 Å². The van der Waals surface area contributed by atoms with Gasteiger partial charge in [0.05, 0.1) is 17.4 Å². The summed E-state index contributed by atoms with van der Waals surface area (Å²) in [5.41, 5.74) is 2.31. The van der Waals surface area contributed by atoms with Crippen molar-refractivity contribution in [3.63, 3.8) is 0 Å². The van der Waals surface area contributed by atoms with E-state index < -0.39 is 0 Å². The van der Waals surface area contributed by atoms with Gasteiger partial charge < -0.3 is 15.5 Å². The maximum Gasteiger partial charge on any atom is 0.259 e. The molecule has 1 fully saturated rings. The molecule has 2 N–H and O–H groups in total. The molecule has 7 nitrogen and oxygen atoms in total. The monoisotopic (exact) mass is 422 g/mol. The molecule has 0 atom stereocenters. The molecule has 0 unspecified atom stereocenters. The number of carbonyl (C=O) groups is 1. The molecule has 4 heterocycles. The van der Waals surface area contributed by atoms with Gasteiger partial charge in [0.25, 0.3) is 5.91 Å². The highest BCUT2D eigenvalue weighted by molar-refractivity contribution is 6.29. The van der Waals surface area contributed by atoms with Crippen LogP contribution in [-0.2, 0) is 0 Å². The van der Waals surface area contributed by atoms with Gasteiger partial charge in [-0.15, -0.1) is 0 Å². The first-order chi connectivity index (χ1) is 14.7. The Morgan fingerprint density at radius 1 is 1.07 bits per heavy atom. The van der Waals surface area contributed by atoms with Crippen molar-refractivity contribution in [2.24, 2.45) is 5.92 Å². The second-order valence-corrected chi connectivity index (χ2v) is 7.63. The Morgan fingerprint density at radius 3 is 2.60 bits per heavy atom. The van der Waals surface area contributed by atoms with Gasteiger partial charge in [0.1, 0.15) is 11.0 Å². The van der Waals surface area contributed by atoms with Crippen LogP contribution in [0.5, 0.6) is 0 Å². The lowest BCUT2D eigenvalue weighted by molar-refractivity contribution is 0.102. The van der Waals surface area contributed by atoms with E-state index in [9.17, 15) is 4.79 Å². The van der Waals surface area contributed by atoms with Gasteiger partial charge in [-0.25, -0.2) is 9.97 Å². The van der Waals surface area contributed by atoms with Crippen molar-refractivity contribution in [3.05, 3.63) is 71.9 Å². The number of nitrogens with one attached hydrogen (secondary N) is 2. The Bertz CT molecular complexity index is 974. The zero-order valence-corrected chi connectivity index (χ0v) is 17.2. The summed E-state index contributed by atoms with van der Waals surface area (Å²) in [5.74, 6) is 0.886. The third-order valence-corrected chi connectivity index (χ3v) is 5.46. The fourth-order valence-corrected chi connectivity index (χ4v) is 3.68. The molecular weight excluding hydrogens is 400 g/mol. The predicted molar refractivity (Wildman–Crippen MR) is 119 cm³/mol. The molecule has 3 aromatic heterocycles. The van der Waals surface area contributed by atoms with Crippen molar-refractivity contribution in [1.82, 2.24) is 15.0 Å². The number of nitrogens with zero attached hydrogens (tertiary/aromatic N) is 4. The fourth-order valence-electron chi connectivity index (χ4n) is 3.57. The normalized spacial score (nSPS) is 14.4. The first kappa shape index (κ1) is 20.1. The average molecular weight is 423 g/mol. The SMILES string of the molecule is O=C(Nc1ccc(Cl)nc1)c1cccnc1NCC1CCN(c2ccncc2)CC1. The predicted octanol–water partition coefficient (Wildman–Crippen LogP) is 4.11. The highest BCUT2D eigenvalue weighted by Gasteiger charge is 2.20. The Morgan fingerprint density at radius 2 is 1.87 bits per heavy atom. The minimum atomic E-state index is -0.234. The Hall–Kier alpha value is -3.19. The molecular formula is C22H23ClN6O. The van der Waals surface area contributed by atoms with E-state index >= 15 is 0 Å². The summed E-state index contributed by atoms with van der Waals surface area (Å²) in [6.07, 6.45) is 9.04. The van der Waals surface area contributed by atoms with Gasteiger partial charge in [0.2, 0.25) is 0 Å². The van der Waals surface area contributed by atoms with Gasteiger partial charge in [0.15, 0.2) is 0 Å². The molecule has 0 spiro atoms. The van der Waals surface area contributed by atoms with E-state index in [1.165, 1.54) is 11.9 Å². The summed E-state index contributed by atoms with van der Waals surface area (Å²) in [6.45, 7) is 2.80. The number of aromatic nitrogens is 3. The first-order valence-electron chi connectivity index (χ1n) is 9.96. The highest BCUT2D eigenvalue weighted by atomic mass is 35.5. The molecule has 1 aliphatic rings. The molecule has 0 bridgehead atoms. The Labute approximate surface area is 180 Å². The van der Waals surface area contributed by atoms with Crippen molar-refractivity contribution >= 4 is 34.7 Å². The highest BCUT2D eigenvalue weighted by Crippen LogP contribution is 2.23. The maximum absolute atomic E-state index is 12.7. The summed E-state index contributed by atoms with van der Waals surface area (Å²) >= 11 is 5.80. The quantitative estimate of drug-likeness (QED) is 0.582. The molecule has 4 rings (SSSR count). The van der Waals surface area contributed by atoms with E-state index in [1.807, 2.05) is 24.5 Å². The van der Waals surface area contributed by atoms with E-state index in [1.54, 1.807) is 30.5 Å². The van der Waals surface area contributed by atoms with Crippen molar-refractivity contribution in [2.45, 2.75) is 12.8 Å². The lowest BCUT2D eigenvalue weighted by Crippen LogP contribution is -2.36. The number of halogens is 1. The van der Waals surface area contributed by atoms with Crippen LogP contribution in [-0.4, -0.2) is 40.5 Å². The number of hydrogen-bond donors (Lipinski definition) is 2. The zero-order chi connectivity index (χ0) is 20.8. The van der Waals surface area contributed by atoms with E-state index in [0.717, 1.165) is 32.5 Å². The molecule has 8 heteroatoms. The van der Waals surface area contributed by atoms with Crippen LogP contribution in [0.4, 0.5) is 17.2 Å². The first-order valence-corrected chi connectivity index (χ1v) is 10.3. The lowest BCUT2D eigenvalue weighted by atomic mass is 9.96. The third kappa shape index (κ3) is 5.04. The van der Waals surface area contributed by atoms with Gasteiger partial charge in [-0.3, -0.25) is 9.78 Å². The van der Waals surface area contributed by atoms with E-state index in [2.05, 4.69) is 30.5 Å². The number of hydrogen-bond acceptors (Lipinski definition) is 6. The molecule has 1 saturated heterocycles. The van der Waals surface area contributed by atoms with Gasteiger partial charge in [-0.1, -0.05) is 11.6 Å². The van der Waals surface area contributed by atoms with E-state index in [0.29, 0.717) is 28.1 Å². The Balaban J connectivity index is 1.33. The molecule has 154 valence electrons. The minimum Gasteiger partial charge on any atom is -0.371 e. The smallest absolute Gasteiger partial charge is 0.259 e. The van der Waals surface area contributed by atoms with Crippen LogP contribution >= 0.6 is 11.6 Å². The summed E-state index contributed by atoms with van der Waals surface area (Å²) < 4.78 is 0. The molecule has 1 aliphatic heterocycles. The largest absolute Gasteiger partial charge is 0.371 e. The topological polar surface area (TPSA) is 83.0 Å². The van der Waals surface area contributed by atoms with Gasteiger partial charge in [-0.2, -0.15) is 0 Å². The summed E-state index contributed by atoms with van der Waals surface area (Å²) in [6, 6.07) is 11.0. The van der Waals surface area contributed by atoms with Crippen LogP contribution in [0.25, 0.3) is 0 Å². The fraction of sp³-hybridized carbons (Fsp3) is 0.273. The molecule has 30 heavy (non-hydrogen) atoms. The number of carbonyl (C=O) groups excluding carboxylic acids is 1. The molecule has 0 saturated carbocycles. The van der Waals surface area contributed by atoms with Gasteiger partial charge >= 0.3 is 0 Å². The number of pyridine rings is 3. The van der Waals surface area contributed by atoms with Crippen LogP contribution in [0.15, 0.2) is 61.2 Å². The number of rotatable bonds is 6. The van der Waals surface area contributed by atoms with Crippen LogP contribution < -0.4 is 15.5 Å². The second kappa shape index (κ2) is 9.54. The van der Waals surface area contributed by atoms with Crippen molar-refractivity contribution < 1.29 is 4.79 Å². The number of amides is 1. The molecule has 1 amide bonds. The van der Waals surface area contributed by atoms with Gasteiger partial charge in [0, 0.05) is 43.9 Å².